The Morgan fingerprint density at radius 3 is 2.58 bits per heavy atom. The summed E-state index contributed by atoms with van der Waals surface area (Å²) in [6.45, 7) is 5.65. The molecule has 0 aromatic heterocycles. The molecule has 2 aromatic rings. The standard InChI is InChI=1S/C28H37N5O5/c1-18-11-12-22-14-21(18)8-7-13-29-24(35)16-33(17-25(36)31-23-9-5-4-6-10-23)15-19(2)30-28(38)26(20(3)34)32-27(22)37/h4-6,9-12,14,19-20,26,34H,7-8,13,15-17H2,1-3H3,(H,29,35)(H,30,38)(H,31,36)(H,32,37)/t19-,20-,26+/m1/s1. The average molecular weight is 524 g/mol. The minimum Gasteiger partial charge on any atom is -0.391 e. The number of anilines is 1. The molecule has 5 N–H and O–H groups in total. The number of amides is 4. The number of nitrogens with one attached hydrogen (secondary N) is 4. The summed E-state index contributed by atoms with van der Waals surface area (Å²) in [5.74, 6) is -1.55. The van der Waals surface area contributed by atoms with Gasteiger partial charge in [0.25, 0.3) is 5.91 Å². The lowest BCUT2D eigenvalue weighted by Crippen LogP contribution is -2.56. The fraction of sp³-hybridized carbons (Fsp3) is 0.429. The summed E-state index contributed by atoms with van der Waals surface area (Å²) in [5.41, 5.74) is 3.01. The first-order valence-electron chi connectivity index (χ1n) is 12.8. The van der Waals surface area contributed by atoms with Crippen molar-refractivity contribution < 1.29 is 24.3 Å². The summed E-state index contributed by atoms with van der Waals surface area (Å²) in [5, 5.41) is 21.4. The highest BCUT2D eigenvalue weighted by molar-refractivity contribution is 5.98. The molecule has 0 saturated heterocycles. The van der Waals surface area contributed by atoms with Gasteiger partial charge in [-0.15, -0.1) is 0 Å². The lowest BCUT2D eigenvalue weighted by molar-refractivity contribution is -0.126. The van der Waals surface area contributed by atoms with E-state index in [4.69, 9.17) is 0 Å². The molecule has 2 bridgehead atoms. The Morgan fingerprint density at radius 2 is 1.87 bits per heavy atom. The Kier molecular flexibility index (Phi) is 10.4. The summed E-state index contributed by atoms with van der Waals surface area (Å²) in [6, 6.07) is 12.6. The number of carbonyl (C=O) groups is 4. The third-order valence-electron chi connectivity index (χ3n) is 6.32. The third kappa shape index (κ3) is 8.67. The van der Waals surface area contributed by atoms with Crippen LogP contribution in [-0.4, -0.2) is 78.0 Å². The maximum Gasteiger partial charge on any atom is 0.252 e. The van der Waals surface area contributed by atoms with Crippen molar-refractivity contribution in [1.82, 2.24) is 20.9 Å². The monoisotopic (exact) mass is 523 g/mol. The number of benzene rings is 2. The largest absolute Gasteiger partial charge is 0.391 e. The molecule has 0 fully saturated rings. The maximum absolute atomic E-state index is 13.0. The van der Waals surface area contributed by atoms with Crippen molar-refractivity contribution in [2.45, 2.75) is 51.8 Å². The van der Waals surface area contributed by atoms with Crippen molar-refractivity contribution in [3.63, 3.8) is 0 Å². The molecule has 10 nitrogen and oxygen atoms in total. The van der Waals surface area contributed by atoms with Crippen molar-refractivity contribution in [1.29, 1.82) is 0 Å². The van der Waals surface area contributed by atoms with E-state index in [2.05, 4.69) is 21.3 Å². The van der Waals surface area contributed by atoms with E-state index in [9.17, 15) is 24.3 Å². The van der Waals surface area contributed by atoms with E-state index in [-0.39, 0.29) is 31.4 Å². The highest BCUT2D eigenvalue weighted by atomic mass is 16.3. The van der Waals surface area contributed by atoms with Crippen LogP contribution in [0.15, 0.2) is 48.5 Å². The summed E-state index contributed by atoms with van der Waals surface area (Å²) in [4.78, 5) is 53.0. The first kappa shape index (κ1) is 28.8. The number of hydrogen-bond donors (Lipinski definition) is 5. The van der Waals surface area contributed by atoms with Crippen LogP contribution in [0.2, 0.25) is 0 Å². The average Bonchev–Trinajstić information content (AvgIpc) is 2.85. The second-order valence-corrected chi connectivity index (χ2v) is 9.78. The number of nitrogens with zero attached hydrogens (tertiary/aromatic N) is 1. The molecule has 1 heterocycles. The van der Waals surface area contributed by atoms with E-state index < -0.39 is 30.0 Å². The van der Waals surface area contributed by atoms with Gasteiger partial charge in [-0.1, -0.05) is 24.3 Å². The molecule has 1 aliphatic heterocycles. The number of hydrogen-bond acceptors (Lipinski definition) is 6. The van der Waals surface area contributed by atoms with Crippen molar-refractivity contribution in [2.75, 3.05) is 31.5 Å². The number of fused-ring (bicyclic) bond motifs is 2. The van der Waals surface area contributed by atoms with Gasteiger partial charge in [0.15, 0.2) is 0 Å². The van der Waals surface area contributed by atoms with Gasteiger partial charge in [-0.2, -0.15) is 0 Å². The van der Waals surface area contributed by atoms with E-state index in [1.54, 1.807) is 36.1 Å². The second-order valence-electron chi connectivity index (χ2n) is 9.78. The van der Waals surface area contributed by atoms with Gasteiger partial charge in [0.1, 0.15) is 6.04 Å². The number of para-hydroxylation sites is 1. The van der Waals surface area contributed by atoms with Crippen LogP contribution >= 0.6 is 0 Å². The molecule has 0 radical (unpaired) electrons. The first-order chi connectivity index (χ1) is 18.1. The summed E-state index contributed by atoms with van der Waals surface area (Å²) < 4.78 is 0. The second kappa shape index (κ2) is 13.7. The fourth-order valence-electron chi connectivity index (χ4n) is 4.35. The van der Waals surface area contributed by atoms with Crippen LogP contribution in [0.5, 0.6) is 0 Å². The minimum atomic E-state index is -1.18. The van der Waals surface area contributed by atoms with Crippen molar-refractivity contribution in [2.24, 2.45) is 0 Å². The smallest absolute Gasteiger partial charge is 0.252 e. The fourth-order valence-corrected chi connectivity index (χ4v) is 4.35. The molecule has 2 aromatic carbocycles. The zero-order valence-electron chi connectivity index (χ0n) is 22.1. The van der Waals surface area contributed by atoms with Crippen LogP contribution in [0.4, 0.5) is 5.69 Å². The molecule has 4 amide bonds. The first-order valence-corrected chi connectivity index (χ1v) is 12.8. The predicted molar refractivity (Wildman–Crippen MR) is 145 cm³/mol. The molecule has 38 heavy (non-hydrogen) atoms. The Hall–Kier alpha value is -3.76. The van der Waals surface area contributed by atoms with Crippen molar-refractivity contribution in [3.8, 4) is 0 Å². The highest BCUT2D eigenvalue weighted by Gasteiger charge is 2.28. The van der Waals surface area contributed by atoms with Gasteiger partial charge in [-0.25, -0.2) is 0 Å². The normalized spacial score (nSPS) is 20.9. The molecule has 3 rings (SSSR count). The Morgan fingerprint density at radius 1 is 1.13 bits per heavy atom. The van der Waals surface area contributed by atoms with Crippen molar-refractivity contribution >= 4 is 29.3 Å². The third-order valence-corrected chi connectivity index (χ3v) is 6.32. The summed E-state index contributed by atoms with van der Waals surface area (Å²) >= 11 is 0. The zero-order valence-corrected chi connectivity index (χ0v) is 22.1. The quantitative estimate of drug-likeness (QED) is 0.405. The molecule has 0 spiro atoms. The van der Waals surface area contributed by atoms with Gasteiger partial charge < -0.3 is 26.4 Å². The highest BCUT2D eigenvalue weighted by Crippen LogP contribution is 2.14. The van der Waals surface area contributed by atoms with Crippen LogP contribution in [0, 0.1) is 6.92 Å². The molecule has 3 atom stereocenters. The molecule has 10 heteroatoms. The lowest BCUT2D eigenvalue weighted by atomic mass is 10.00. The minimum absolute atomic E-state index is 0.0342. The Bertz CT molecular complexity index is 1140. The number of rotatable bonds is 4. The molecule has 0 unspecified atom stereocenters. The van der Waals surface area contributed by atoms with Crippen LogP contribution in [0.1, 0.15) is 41.8 Å². The maximum atomic E-state index is 13.0. The molecule has 0 saturated carbocycles. The number of aliphatic hydroxyl groups is 1. The van der Waals surface area contributed by atoms with E-state index >= 15 is 0 Å². The summed E-state index contributed by atoms with van der Waals surface area (Å²) in [6.07, 6.45) is 0.170. The number of carbonyl (C=O) groups excluding carboxylic acids is 4. The Labute approximate surface area is 223 Å². The van der Waals surface area contributed by atoms with Gasteiger partial charge in [-0.05, 0) is 69.0 Å². The van der Waals surface area contributed by atoms with Gasteiger partial charge in [0.05, 0.1) is 19.2 Å². The lowest BCUT2D eigenvalue weighted by Gasteiger charge is -2.27. The number of aryl methyl sites for hydroxylation is 2. The molecule has 204 valence electrons. The van der Waals surface area contributed by atoms with Crippen molar-refractivity contribution in [3.05, 3.63) is 65.2 Å². The zero-order chi connectivity index (χ0) is 27.7. The molecular formula is C28H37N5O5. The van der Waals surface area contributed by atoms with Crippen LogP contribution in [0.3, 0.4) is 0 Å². The van der Waals surface area contributed by atoms with Gasteiger partial charge in [0, 0.05) is 30.4 Å². The molecular weight excluding hydrogens is 486 g/mol. The molecule has 1 aliphatic rings. The SMILES string of the molecule is Cc1ccc2cc1CCCNC(=O)CN(CC(=O)Nc1ccccc1)C[C@@H](C)NC(=O)[C@H]([C@@H](C)O)NC2=O. The van der Waals surface area contributed by atoms with Crippen LogP contribution in [0.25, 0.3) is 0 Å². The van der Waals surface area contributed by atoms with E-state index in [0.29, 0.717) is 30.6 Å². The topological polar surface area (TPSA) is 140 Å². The molecule has 0 aliphatic carbocycles. The van der Waals surface area contributed by atoms with E-state index in [1.807, 2.05) is 31.2 Å². The predicted octanol–water partition coefficient (Wildman–Crippen LogP) is 0.982. The van der Waals surface area contributed by atoms with Gasteiger partial charge >= 0.3 is 0 Å². The van der Waals surface area contributed by atoms with Crippen LogP contribution < -0.4 is 21.3 Å². The van der Waals surface area contributed by atoms with Gasteiger partial charge in [0.2, 0.25) is 17.7 Å². The van der Waals surface area contributed by atoms with E-state index in [1.165, 1.54) is 6.92 Å². The summed E-state index contributed by atoms with van der Waals surface area (Å²) in [7, 11) is 0. The Balaban J connectivity index is 1.78. The number of aliphatic hydroxyl groups excluding tert-OH is 1. The van der Waals surface area contributed by atoms with E-state index in [0.717, 1.165) is 11.1 Å². The van der Waals surface area contributed by atoms with Crippen LogP contribution in [-0.2, 0) is 20.8 Å². The van der Waals surface area contributed by atoms with Gasteiger partial charge in [-0.3, -0.25) is 24.1 Å².